The first-order valence-electron chi connectivity index (χ1n) is 9.84. The molecular formula is C22H22F2N2O5. The smallest absolute Gasteiger partial charge is 0.257 e. The SMILES string of the molecule is COc1c2n(cc(C(=O)NCc3ccc(F)cc3F)c1=O)[C@@H]1COC[C@@H]1C(C)(C)C2=O. The maximum Gasteiger partial charge on any atom is 0.257 e. The van der Waals surface area contributed by atoms with E-state index in [0.29, 0.717) is 19.3 Å². The lowest BCUT2D eigenvalue weighted by Gasteiger charge is -2.40. The average Bonchev–Trinajstić information content (AvgIpc) is 3.22. The van der Waals surface area contributed by atoms with Crippen LogP contribution in [-0.2, 0) is 11.3 Å². The van der Waals surface area contributed by atoms with Gasteiger partial charge in [-0.2, -0.15) is 0 Å². The van der Waals surface area contributed by atoms with Gasteiger partial charge in [0.05, 0.1) is 26.4 Å². The number of nitrogens with zero attached hydrogens (tertiary/aromatic N) is 1. The fourth-order valence-electron chi connectivity index (χ4n) is 4.36. The fourth-order valence-corrected chi connectivity index (χ4v) is 4.36. The summed E-state index contributed by atoms with van der Waals surface area (Å²) in [5.74, 6) is -2.87. The highest BCUT2D eigenvalue weighted by molar-refractivity contribution is 6.03. The summed E-state index contributed by atoms with van der Waals surface area (Å²) in [6, 6.07) is 2.77. The molecule has 1 aromatic carbocycles. The van der Waals surface area contributed by atoms with Gasteiger partial charge in [0, 0.05) is 35.7 Å². The second-order valence-electron chi connectivity index (χ2n) is 8.34. The van der Waals surface area contributed by atoms with Crippen LogP contribution >= 0.6 is 0 Å². The first kappa shape index (κ1) is 21.2. The number of aromatic nitrogens is 1. The van der Waals surface area contributed by atoms with Crippen molar-refractivity contribution in [2.45, 2.75) is 26.4 Å². The number of carbonyl (C=O) groups excluding carboxylic acids is 2. The number of halogens is 2. The molecule has 1 fully saturated rings. The summed E-state index contributed by atoms with van der Waals surface area (Å²) in [7, 11) is 1.27. The van der Waals surface area contributed by atoms with E-state index in [4.69, 9.17) is 9.47 Å². The van der Waals surface area contributed by atoms with Gasteiger partial charge in [0.15, 0.2) is 11.5 Å². The maximum absolute atomic E-state index is 13.9. The summed E-state index contributed by atoms with van der Waals surface area (Å²) in [6.45, 7) is 4.11. The number of pyridine rings is 1. The number of carbonyl (C=O) groups is 2. The molecule has 3 heterocycles. The van der Waals surface area contributed by atoms with Crippen LogP contribution in [0.2, 0.25) is 0 Å². The third-order valence-corrected chi connectivity index (χ3v) is 6.23. The number of fused-ring (bicyclic) bond motifs is 3. The number of ketones is 1. The Morgan fingerprint density at radius 3 is 2.71 bits per heavy atom. The monoisotopic (exact) mass is 432 g/mol. The molecule has 164 valence electrons. The number of ether oxygens (including phenoxy) is 2. The molecule has 1 aromatic heterocycles. The Morgan fingerprint density at radius 2 is 2.03 bits per heavy atom. The number of hydrogen-bond donors (Lipinski definition) is 1. The van der Waals surface area contributed by atoms with Gasteiger partial charge in [-0.3, -0.25) is 14.4 Å². The van der Waals surface area contributed by atoms with E-state index in [1.807, 2.05) is 13.8 Å². The van der Waals surface area contributed by atoms with E-state index in [2.05, 4.69) is 5.32 Å². The number of methoxy groups -OCH3 is 1. The van der Waals surface area contributed by atoms with E-state index in [9.17, 15) is 23.2 Å². The van der Waals surface area contributed by atoms with Gasteiger partial charge in [-0.15, -0.1) is 0 Å². The quantitative estimate of drug-likeness (QED) is 0.802. The van der Waals surface area contributed by atoms with E-state index in [-0.39, 0.29) is 46.9 Å². The lowest BCUT2D eigenvalue weighted by Crippen LogP contribution is -2.46. The van der Waals surface area contributed by atoms with Crippen molar-refractivity contribution in [2.75, 3.05) is 20.3 Å². The van der Waals surface area contributed by atoms with E-state index in [1.54, 1.807) is 4.57 Å². The Hall–Kier alpha value is -3.07. The summed E-state index contributed by atoms with van der Waals surface area (Å²) >= 11 is 0. The third kappa shape index (κ3) is 3.33. The molecule has 4 rings (SSSR count). The molecule has 2 aliphatic heterocycles. The lowest BCUT2D eigenvalue weighted by atomic mass is 9.69. The minimum atomic E-state index is -0.807. The second kappa shape index (κ2) is 7.56. The molecule has 1 saturated heterocycles. The molecule has 0 spiro atoms. The first-order chi connectivity index (χ1) is 14.7. The van der Waals surface area contributed by atoms with Gasteiger partial charge in [-0.05, 0) is 6.07 Å². The lowest BCUT2D eigenvalue weighted by molar-refractivity contribution is 0.0606. The molecule has 0 bridgehead atoms. The van der Waals surface area contributed by atoms with E-state index < -0.39 is 28.4 Å². The molecule has 0 radical (unpaired) electrons. The van der Waals surface area contributed by atoms with Gasteiger partial charge in [0.2, 0.25) is 5.43 Å². The fraction of sp³-hybridized carbons (Fsp3) is 0.409. The molecule has 0 aliphatic carbocycles. The highest BCUT2D eigenvalue weighted by atomic mass is 19.1. The van der Waals surface area contributed by atoms with Crippen LogP contribution in [0.3, 0.4) is 0 Å². The van der Waals surface area contributed by atoms with Crippen molar-refractivity contribution < 1.29 is 27.8 Å². The molecule has 1 amide bonds. The van der Waals surface area contributed by atoms with Crippen molar-refractivity contribution in [3.05, 3.63) is 63.1 Å². The van der Waals surface area contributed by atoms with Crippen molar-refractivity contribution >= 4 is 11.7 Å². The van der Waals surface area contributed by atoms with Crippen LogP contribution in [-0.4, -0.2) is 36.6 Å². The molecule has 1 N–H and O–H groups in total. The average molecular weight is 432 g/mol. The predicted octanol–water partition coefficient (Wildman–Crippen LogP) is 2.48. The van der Waals surface area contributed by atoms with Crippen molar-refractivity contribution in [2.24, 2.45) is 11.3 Å². The molecule has 0 saturated carbocycles. The predicted molar refractivity (Wildman–Crippen MR) is 106 cm³/mol. The van der Waals surface area contributed by atoms with Gasteiger partial charge in [-0.1, -0.05) is 19.9 Å². The van der Waals surface area contributed by atoms with E-state index in [1.165, 1.54) is 19.4 Å². The Balaban J connectivity index is 1.73. The van der Waals surface area contributed by atoms with Gasteiger partial charge < -0.3 is 19.4 Å². The minimum absolute atomic E-state index is 0.0703. The van der Waals surface area contributed by atoms with Crippen LogP contribution in [0.1, 0.15) is 46.3 Å². The van der Waals surface area contributed by atoms with Crippen molar-refractivity contribution in [3.63, 3.8) is 0 Å². The summed E-state index contributed by atoms with van der Waals surface area (Å²) < 4.78 is 39.4. The number of amides is 1. The first-order valence-corrected chi connectivity index (χ1v) is 9.84. The largest absolute Gasteiger partial charge is 0.491 e. The molecule has 2 atom stereocenters. The standard InChI is InChI=1S/C22H22F2N2O5/c1-22(2)14-9-31-10-16(14)26-8-13(18(27)19(30-3)17(26)20(22)28)21(29)25-7-11-4-5-12(23)6-15(11)24/h4-6,8,14,16H,7,9-10H2,1-3H3,(H,25,29)/t14-,16+/m0/s1. The van der Waals surface area contributed by atoms with Gasteiger partial charge in [0.1, 0.15) is 22.9 Å². The third-order valence-electron chi connectivity index (χ3n) is 6.23. The van der Waals surface area contributed by atoms with Crippen LogP contribution in [0.25, 0.3) is 0 Å². The Kier molecular flexibility index (Phi) is 5.17. The number of hydrogen-bond acceptors (Lipinski definition) is 5. The molecule has 2 aliphatic rings. The van der Waals surface area contributed by atoms with E-state index in [0.717, 1.165) is 6.07 Å². The van der Waals surface area contributed by atoms with Crippen LogP contribution in [0.4, 0.5) is 8.78 Å². The maximum atomic E-state index is 13.9. The minimum Gasteiger partial charge on any atom is -0.491 e. The van der Waals surface area contributed by atoms with Crippen LogP contribution < -0.4 is 15.5 Å². The van der Waals surface area contributed by atoms with Crippen molar-refractivity contribution in [1.29, 1.82) is 0 Å². The molecule has 7 nitrogen and oxygen atoms in total. The van der Waals surface area contributed by atoms with Crippen molar-refractivity contribution in [3.8, 4) is 5.75 Å². The molecule has 2 aromatic rings. The molecule has 0 unspecified atom stereocenters. The van der Waals surface area contributed by atoms with Gasteiger partial charge >= 0.3 is 0 Å². The second-order valence-corrected chi connectivity index (χ2v) is 8.34. The summed E-state index contributed by atoms with van der Waals surface area (Å²) in [4.78, 5) is 39.0. The van der Waals surface area contributed by atoms with Crippen molar-refractivity contribution in [1.82, 2.24) is 9.88 Å². The number of Topliss-reactive ketones (excluding diaryl/α,β-unsaturated/α-hetero) is 1. The molecule has 9 heteroatoms. The number of rotatable bonds is 4. The number of benzene rings is 1. The van der Waals surface area contributed by atoms with Crippen LogP contribution in [0.5, 0.6) is 5.75 Å². The van der Waals surface area contributed by atoms with Crippen LogP contribution in [0, 0.1) is 23.0 Å². The zero-order chi connectivity index (χ0) is 22.5. The summed E-state index contributed by atoms with van der Waals surface area (Å²) in [5, 5.41) is 2.48. The van der Waals surface area contributed by atoms with E-state index >= 15 is 0 Å². The summed E-state index contributed by atoms with van der Waals surface area (Å²) in [6.07, 6.45) is 1.34. The van der Waals surface area contributed by atoms with Gasteiger partial charge in [0.25, 0.3) is 5.91 Å². The highest BCUT2D eigenvalue weighted by Gasteiger charge is 2.52. The van der Waals surface area contributed by atoms with Crippen LogP contribution in [0.15, 0.2) is 29.2 Å². The normalized spacial score (nSPS) is 21.4. The molecule has 31 heavy (non-hydrogen) atoms. The molecular weight excluding hydrogens is 410 g/mol. The summed E-state index contributed by atoms with van der Waals surface area (Å²) in [5.41, 5.74) is -1.54. The Labute approximate surface area is 177 Å². The highest BCUT2D eigenvalue weighted by Crippen LogP contribution is 2.47. The Morgan fingerprint density at radius 1 is 1.29 bits per heavy atom. The number of nitrogens with one attached hydrogen (secondary N) is 1. The Bertz CT molecular complexity index is 1140. The van der Waals surface area contributed by atoms with Gasteiger partial charge in [-0.25, -0.2) is 8.78 Å². The zero-order valence-electron chi connectivity index (χ0n) is 17.3. The zero-order valence-corrected chi connectivity index (χ0v) is 17.3. The topological polar surface area (TPSA) is 86.6 Å².